The number of anilines is 1. The number of benzene rings is 1. The molecule has 0 unspecified atom stereocenters. The summed E-state index contributed by atoms with van der Waals surface area (Å²) in [6.07, 6.45) is 0.753. The minimum Gasteiger partial charge on any atom is -0.482 e. The normalized spacial score (nSPS) is 9.95. The van der Waals surface area contributed by atoms with Crippen LogP contribution in [0.5, 0.6) is 5.75 Å². The van der Waals surface area contributed by atoms with Crippen LogP contribution in [0, 0.1) is 0 Å². The van der Waals surface area contributed by atoms with E-state index in [0.29, 0.717) is 31.2 Å². The van der Waals surface area contributed by atoms with Crippen molar-refractivity contribution >= 4 is 17.7 Å². The fourth-order valence-corrected chi connectivity index (χ4v) is 1.48. The second-order valence-electron chi connectivity index (χ2n) is 4.14. The van der Waals surface area contributed by atoms with Crippen LogP contribution in [0.15, 0.2) is 24.3 Å². The van der Waals surface area contributed by atoms with Crippen LogP contribution in [-0.2, 0) is 9.53 Å². The summed E-state index contributed by atoms with van der Waals surface area (Å²) in [5, 5.41) is 13.9. The third-order valence-electron chi connectivity index (χ3n) is 2.43. The Morgan fingerprint density at radius 1 is 1.24 bits per heavy atom. The van der Waals surface area contributed by atoms with Gasteiger partial charge < -0.3 is 25.2 Å². The van der Waals surface area contributed by atoms with E-state index in [9.17, 15) is 9.59 Å². The van der Waals surface area contributed by atoms with Crippen LogP contribution in [0.2, 0.25) is 0 Å². The van der Waals surface area contributed by atoms with E-state index in [4.69, 9.17) is 14.6 Å². The molecule has 2 amide bonds. The van der Waals surface area contributed by atoms with Gasteiger partial charge in [-0.15, -0.1) is 0 Å². The van der Waals surface area contributed by atoms with Crippen LogP contribution in [0.3, 0.4) is 0 Å². The minimum absolute atomic E-state index is 0.300. The second-order valence-corrected chi connectivity index (χ2v) is 4.14. The van der Waals surface area contributed by atoms with Crippen molar-refractivity contribution in [3.63, 3.8) is 0 Å². The number of rotatable bonds is 9. The molecule has 7 nitrogen and oxygen atoms in total. The van der Waals surface area contributed by atoms with Crippen molar-refractivity contribution in [1.82, 2.24) is 5.32 Å². The number of urea groups is 1. The van der Waals surface area contributed by atoms with E-state index in [-0.39, 0.29) is 6.03 Å². The molecule has 0 spiro atoms. The lowest BCUT2D eigenvalue weighted by molar-refractivity contribution is -0.139. The first kappa shape index (κ1) is 16.8. The molecule has 3 N–H and O–H groups in total. The van der Waals surface area contributed by atoms with Crippen molar-refractivity contribution in [2.45, 2.75) is 13.3 Å². The average molecular weight is 296 g/mol. The molecule has 0 atom stereocenters. The lowest BCUT2D eigenvalue weighted by Crippen LogP contribution is -2.30. The SMILES string of the molecule is CCOCCCNC(=O)Nc1ccc(OCC(=O)O)cc1. The lowest BCUT2D eigenvalue weighted by atomic mass is 10.3. The smallest absolute Gasteiger partial charge is 0.341 e. The number of nitrogens with one attached hydrogen (secondary N) is 2. The van der Waals surface area contributed by atoms with Crippen LogP contribution in [-0.4, -0.2) is 43.5 Å². The van der Waals surface area contributed by atoms with Crippen LogP contribution >= 0.6 is 0 Å². The number of hydrogen-bond acceptors (Lipinski definition) is 4. The summed E-state index contributed by atoms with van der Waals surface area (Å²) in [4.78, 5) is 21.9. The zero-order valence-electron chi connectivity index (χ0n) is 11.9. The van der Waals surface area contributed by atoms with Crippen molar-refractivity contribution in [3.05, 3.63) is 24.3 Å². The highest BCUT2D eigenvalue weighted by Gasteiger charge is 2.02. The highest BCUT2D eigenvalue weighted by molar-refractivity contribution is 5.89. The molecule has 0 aliphatic carbocycles. The van der Waals surface area contributed by atoms with Crippen molar-refractivity contribution in [3.8, 4) is 5.75 Å². The molecule has 0 radical (unpaired) electrons. The molecule has 21 heavy (non-hydrogen) atoms. The van der Waals surface area contributed by atoms with Crippen molar-refractivity contribution in [2.24, 2.45) is 0 Å². The van der Waals surface area contributed by atoms with Crippen LogP contribution in [0.4, 0.5) is 10.5 Å². The molecule has 1 aromatic carbocycles. The van der Waals surface area contributed by atoms with E-state index < -0.39 is 12.6 Å². The molecule has 1 rings (SSSR count). The zero-order chi connectivity index (χ0) is 15.5. The molecule has 0 heterocycles. The van der Waals surface area contributed by atoms with E-state index in [1.54, 1.807) is 24.3 Å². The van der Waals surface area contributed by atoms with E-state index >= 15 is 0 Å². The first-order valence-electron chi connectivity index (χ1n) is 6.69. The van der Waals surface area contributed by atoms with Gasteiger partial charge in [-0.2, -0.15) is 0 Å². The molecule has 0 aliphatic rings. The Kier molecular flexibility index (Phi) is 7.67. The largest absolute Gasteiger partial charge is 0.482 e. The van der Waals surface area contributed by atoms with Gasteiger partial charge in [0.2, 0.25) is 0 Å². The van der Waals surface area contributed by atoms with Gasteiger partial charge in [-0.25, -0.2) is 9.59 Å². The maximum atomic E-state index is 11.6. The third-order valence-corrected chi connectivity index (χ3v) is 2.43. The summed E-state index contributed by atoms with van der Waals surface area (Å²) in [5.41, 5.74) is 0.597. The summed E-state index contributed by atoms with van der Waals surface area (Å²) >= 11 is 0. The number of carboxylic acid groups (broad SMARTS) is 1. The lowest BCUT2D eigenvalue weighted by Gasteiger charge is -2.08. The Bertz CT molecular complexity index is 447. The van der Waals surface area contributed by atoms with Gasteiger partial charge in [-0.3, -0.25) is 0 Å². The van der Waals surface area contributed by atoms with Gasteiger partial charge in [-0.1, -0.05) is 0 Å². The topological polar surface area (TPSA) is 96.9 Å². The minimum atomic E-state index is -1.04. The predicted octanol–water partition coefficient (Wildman–Crippen LogP) is 1.70. The van der Waals surface area contributed by atoms with E-state index in [2.05, 4.69) is 10.6 Å². The molecule has 0 aliphatic heterocycles. The summed E-state index contributed by atoms with van der Waals surface area (Å²) < 4.78 is 10.1. The summed E-state index contributed by atoms with van der Waals surface area (Å²) in [6.45, 7) is 3.34. The first-order valence-corrected chi connectivity index (χ1v) is 6.69. The van der Waals surface area contributed by atoms with Gasteiger partial charge in [0.15, 0.2) is 6.61 Å². The van der Waals surface area contributed by atoms with Gasteiger partial charge in [0.25, 0.3) is 0 Å². The summed E-state index contributed by atoms with van der Waals surface area (Å²) in [7, 11) is 0. The fraction of sp³-hybridized carbons (Fsp3) is 0.429. The highest BCUT2D eigenvalue weighted by atomic mass is 16.5. The van der Waals surface area contributed by atoms with Crippen LogP contribution in [0.1, 0.15) is 13.3 Å². The number of hydrogen-bond donors (Lipinski definition) is 3. The Hall–Kier alpha value is -2.28. The van der Waals surface area contributed by atoms with E-state index in [0.717, 1.165) is 6.42 Å². The first-order chi connectivity index (χ1) is 10.1. The maximum absolute atomic E-state index is 11.6. The zero-order valence-corrected chi connectivity index (χ0v) is 11.9. The standard InChI is InChI=1S/C14H20N2O5/c1-2-20-9-3-8-15-14(19)16-11-4-6-12(7-5-11)21-10-13(17)18/h4-7H,2-3,8-10H2,1H3,(H,17,18)(H2,15,16,19). The number of carbonyl (C=O) groups is 2. The Labute approximate surface area is 123 Å². The molecule has 1 aromatic rings. The Balaban J connectivity index is 2.27. The Morgan fingerprint density at radius 2 is 1.95 bits per heavy atom. The van der Waals surface area contributed by atoms with Gasteiger partial charge in [0.1, 0.15) is 5.75 Å². The van der Waals surface area contributed by atoms with E-state index in [1.165, 1.54) is 0 Å². The summed E-state index contributed by atoms with van der Waals surface area (Å²) in [5.74, 6) is -0.608. The highest BCUT2D eigenvalue weighted by Crippen LogP contribution is 2.15. The molecule has 0 saturated heterocycles. The third kappa shape index (κ3) is 7.78. The van der Waals surface area contributed by atoms with Crippen molar-refractivity contribution < 1.29 is 24.2 Å². The van der Waals surface area contributed by atoms with Gasteiger partial charge in [0, 0.05) is 25.4 Å². The average Bonchev–Trinajstić information content (AvgIpc) is 2.46. The molecule has 0 aromatic heterocycles. The van der Waals surface area contributed by atoms with Crippen molar-refractivity contribution in [1.29, 1.82) is 0 Å². The van der Waals surface area contributed by atoms with Crippen molar-refractivity contribution in [2.75, 3.05) is 31.7 Å². The number of amides is 2. The molecular formula is C14H20N2O5. The molecular weight excluding hydrogens is 276 g/mol. The number of carbonyl (C=O) groups excluding carboxylic acids is 1. The number of aliphatic carboxylic acids is 1. The fourth-order valence-electron chi connectivity index (χ4n) is 1.48. The van der Waals surface area contributed by atoms with E-state index in [1.807, 2.05) is 6.92 Å². The summed E-state index contributed by atoms with van der Waals surface area (Å²) in [6, 6.07) is 6.15. The molecule has 7 heteroatoms. The Morgan fingerprint density at radius 3 is 2.57 bits per heavy atom. The van der Waals surface area contributed by atoms with Gasteiger partial charge in [-0.05, 0) is 37.6 Å². The quantitative estimate of drug-likeness (QED) is 0.603. The molecule has 0 fully saturated rings. The number of ether oxygens (including phenoxy) is 2. The molecule has 116 valence electrons. The predicted molar refractivity (Wildman–Crippen MR) is 77.7 cm³/mol. The molecule has 0 bridgehead atoms. The van der Waals surface area contributed by atoms with Crippen LogP contribution in [0.25, 0.3) is 0 Å². The maximum Gasteiger partial charge on any atom is 0.341 e. The van der Waals surface area contributed by atoms with Gasteiger partial charge in [0.05, 0.1) is 0 Å². The second kappa shape index (κ2) is 9.60. The van der Waals surface area contributed by atoms with Crippen LogP contribution < -0.4 is 15.4 Å². The number of carboxylic acids is 1. The molecule has 0 saturated carbocycles. The van der Waals surface area contributed by atoms with Gasteiger partial charge >= 0.3 is 12.0 Å². The monoisotopic (exact) mass is 296 g/mol.